The fourth-order valence-electron chi connectivity index (χ4n) is 2.33. The lowest BCUT2D eigenvalue weighted by Crippen LogP contribution is -2.28. The van der Waals surface area contributed by atoms with E-state index >= 15 is 0 Å². The van der Waals surface area contributed by atoms with Gasteiger partial charge in [-0.2, -0.15) is 0 Å². The number of aryl methyl sites for hydroxylation is 2. The zero-order valence-corrected chi connectivity index (χ0v) is 11.7. The molecule has 0 fully saturated rings. The van der Waals surface area contributed by atoms with E-state index in [-0.39, 0.29) is 0 Å². The van der Waals surface area contributed by atoms with E-state index in [4.69, 9.17) is 0 Å². The first-order chi connectivity index (χ1) is 9.66. The number of aliphatic hydroxyl groups is 2. The third-order valence-corrected chi connectivity index (χ3v) is 3.54. The highest BCUT2D eigenvalue weighted by atomic mass is 16.5. The van der Waals surface area contributed by atoms with Crippen LogP contribution >= 0.6 is 0 Å². The highest BCUT2D eigenvalue weighted by Crippen LogP contribution is 2.18. The van der Waals surface area contributed by atoms with Gasteiger partial charge < -0.3 is 10.2 Å². The van der Waals surface area contributed by atoms with E-state index in [0.29, 0.717) is 19.3 Å². The first-order valence-electron chi connectivity index (χ1n) is 7.18. The van der Waals surface area contributed by atoms with Crippen LogP contribution in [0.3, 0.4) is 0 Å². The molecule has 2 nitrogen and oxygen atoms in total. The third-order valence-electron chi connectivity index (χ3n) is 3.54. The predicted octanol–water partition coefficient (Wildman–Crippen LogP) is 3.32. The molecule has 0 spiro atoms. The summed E-state index contributed by atoms with van der Waals surface area (Å²) in [6.45, 7) is 0. The van der Waals surface area contributed by atoms with Gasteiger partial charge in [-0.25, -0.2) is 0 Å². The Balaban J connectivity index is 1.73. The summed E-state index contributed by atoms with van der Waals surface area (Å²) in [6, 6.07) is 20.1. The Morgan fingerprint density at radius 3 is 1.70 bits per heavy atom. The Kier molecular flexibility index (Phi) is 5.33. The monoisotopic (exact) mass is 270 g/mol. The van der Waals surface area contributed by atoms with Crippen molar-refractivity contribution in [1.82, 2.24) is 0 Å². The van der Waals surface area contributed by atoms with Crippen molar-refractivity contribution >= 4 is 0 Å². The minimum atomic E-state index is -1.56. The molecule has 2 rings (SSSR count). The van der Waals surface area contributed by atoms with Gasteiger partial charge in [0.05, 0.1) is 0 Å². The molecule has 0 aliphatic carbocycles. The number of benzene rings is 2. The highest BCUT2D eigenvalue weighted by Gasteiger charge is 2.21. The average Bonchev–Trinajstić information content (AvgIpc) is 2.47. The minimum Gasteiger partial charge on any atom is -0.366 e. The Labute approximate surface area is 120 Å². The van der Waals surface area contributed by atoms with Crippen molar-refractivity contribution < 1.29 is 10.2 Å². The first kappa shape index (κ1) is 14.8. The molecule has 2 aromatic rings. The Bertz CT molecular complexity index is 491. The summed E-state index contributed by atoms with van der Waals surface area (Å²) in [4.78, 5) is 0. The molecule has 0 heterocycles. The molecular formula is C18H22O2. The van der Waals surface area contributed by atoms with Gasteiger partial charge in [0.15, 0.2) is 5.79 Å². The summed E-state index contributed by atoms with van der Waals surface area (Å²) in [7, 11) is 0. The van der Waals surface area contributed by atoms with Crippen molar-refractivity contribution in [3.63, 3.8) is 0 Å². The van der Waals surface area contributed by atoms with Crippen LogP contribution in [0.25, 0.3) is 0 Å². The van der Waals surface area contributed by atoms with E-state index in [2.05, 4.69) is 12.1 Å². The van der Waals surface area contributed by atoms with Crippen LogP contribution in [0.2, 0.25) is 0 Å². The molecule has 0 bridgehead atoms. The van der Waals surface area contributed by atoms with Crippen molar-refractivity contribution in [2.24, 2.45) is 0 Å². The maximum atomic E-state index is 10.0. The third kappa shape index (κ3) is 5.16. The summed E-state index contributed by atoms with van der Waals surface area (Å²) < 4.78 is 0. The van der Waals surface area contributed by atoms with Gasteiger partial charge in [-0.15, -0.1) is 0 Å². The van der Waals surface area contributed by atoms with Crippen LogP contribution in [-0.2, 0) is 12.8 Å². The van der Waals surface area contributed by atoms with E-state index in [1.807, 2.05) is 48.5 Å². The van der Waals surface area contributed by atoms with Crippen molar-refractivity contribution in [1.29, 1.82) is 0 Å². The normalized spacial score (nSPS) is 11.5. The van der Waals surface area contributed by atoms with E-state index in [0.717, 1.165) is 18.4 Å². The molecule has 2 N–H and O–H groups in total. The molecule has 0 amide bonds. The molecule has 0 aromatic heterocycles. The second-order valence-corrected chi connectivity index (χ2v) is 5.31. The molecule has 106 valence electrons. The van der Waals surface area contributed by atoms with Gasteiger partial charge in [-0.05, 0) is 30.4 Å². The van der Waals surface area contributed by atoms with Crippen molar-refractivity contribution in [2.45, 2.75) is 37.9 Å². The van der Waals surface area contributed by atoms with Crippen molar-refractivity contribution in [2.75, 3.05) is 0 Å². The zero-order valence-electron chi connectivity index (χ0n) is 11.7. The summed E-state index contributed by atoms with van der Waals surface area (Å²) >= 11 is 0. The van der Waals surface area contributed by atoms with E-state index in [9.17, 15) is 10.2 Å². The summed E-state index contributed by atoms with van der Waals surface area (Å²) in [5, 5.41) is 20.0. The van der Waals surface area contributed by atoms with Crippen LogP contribution in [-0.4, -0.2) is 16.0 Å². The molecule has 0 saturated carbocycles. The van der Waals surface area contributed by atoms with Gasteiger partial charge in [-0.3, -0.25) is 0 Å². The zero-order chi connectivity index (χ0) is 14.3. The van der Waals surface area contributed by atoms with E-state index in [1.165, 1.54) is 5.56 Å². The van der Waals surface area contributed by atoms with Crippen LogP contribution in [0.15, 0.2) is 60.7 Å². The van der Waals surface area contributed by atoms with Gasteiger partial charge in [0.1, 0.15) is 0 Å². The van der Waals surface area contributed by atoms with Gasteiger partial charge in [0, 0.05) is 12.8 Å². The van der Waals surface area contributed by atoms with Crippen LogP contribution in [0.4, 0.5) is 0 Å². The summed E-state index contributed by atoms with van der Waals surface area (Å²) in [5.74, 6) is -1.56. The molecule has 0 unspecified atom stereocenters. The molecule has 0 aliphatic heterocycles. The fraction of sp³-hybridized carbons (Fsp3) is 0.333. The Morgan fingerprint density at radius 1 is 0.650 bits per heavy atom. The fourth-order valence-corrected chi connectivity index (χ4v) is 2.33. The van der Waals surface area contributed by atoms with Gasteiger partial charge >= 0.3 is 0 Å². The Morgan fingerprint density at radius 2 is 1.15 bits per heavy atom. The maximum absolute atomic E-state index is 10.0. The van der Waals surface area contributed by atoms with Gasteiger partial charge in [0.2, 0.25) is 0 Å². The lowest BCUT2D eigenvalue weighted by molar-refractivity contribution is -0.170. The molecule has 0 saturated heterocycles. The van der Waals surface area contributed by atoms with E-state index < -0.39 is 5.79 Å². The number of rotatable bonds is 7. The van der Waals surface area contributed by atoms with E-state index in [1.54, 1.807) is 0 Å². The predicted molar refractivity (Wildman–Crippen MR) is 81.3 cm³/mol. The van der Waals surface area contributed by atoms with Crippen LogP contribution in [0.1, 0.15) is 30.4 Å². The number of hydrogen-bond acceptors (Lipinski definition) is 2. The summed E-state index contributed by atoms with van der Waals surface area (Å²) in [5.41, 5.74) is 2.38. The molecule has 20 heavy (non-hydrogen) atoms. The quantitative estimate of drug-likeness (QED) is 0.758. The molecule has 0 radical (unpaired) electrons. The standard InChI is InChI=1S/C18H22O2/c19-18(20,15-13-17-10-5-2-6-11-17)14-7-12-16-8-3-1-4-9-16/h1-6,8-11,19-20H,7,12-15H2. The van der Waals surface area contributed by atoms with Crippen LogP contribution in [0.5, 0.6) is 0 Å². The Hall–Kier alpha value is -1.64. The summed E-state index contributed by atoms with van der Waals surface area (Å²) in [6.07, 6.45) is 3.15. The lowest BCUT2D eigenvalue weighted by atomic mass is 9.98. The molecular weight excluding hydrogens is 248 g/mol. The van der Waals surface area contributed by atoms with Crippen molar-refractivity contribution in [3.05, 3.63) is 71.8 Å². The molecule has 2 heteroatoms. The van der Waals surface area contributed by atoms with Gasteiger partial charge in [-0.1, -0.05) is 60.7 Å². The average molecular weight is 270 g/mol. The number of hydrogen-bond donors (Lipinski definition) is 2. The largest absolute Gasteiger partial charge is 0.366 e. The molecule has 2 aromatic carbocycles. The minimum absolute atomic E-state index is 0.381. The second-order valence-electron chi connectivity index (χ2n) is 5.31. The molecule has 0 atom stereocenters. The van der Waals surface area contributed by atoms with Crippen LogP contribution < -0.4 is 0 Å². The second kappa shape index (κ2) is 7.22. The first-order valence-corrected chi connectivity index (χ1v) is 7.18. The van der Waals surface area contributed by atoms with Gasteiger partial charge in [0.25, 0.3) is 0 Å². The highest BCUT2D eigenvalue weighted by molar-refractivity contribution is 5.15. The van der Waals surface area contributed by atoms with Crippen LogP contribution in [0, 0.1) is 0 Å². The SMILES string of the molecule is OC(O)(CCCc1ccccc1)CCc1ccccc1. The smallest absolute Gasteiger partial charge is 0.162 e. The maximum Gasteiger partial charge on any atom is 0.162 e. The topological polar surface area (TPSA) is 40.5 Å². The lowest BCUT2D eigenvalue weighted by Gasteiger charge is -2.21. The van der Waals surface area contributed by atoms with Crippen molar-refractivity contribution in [3.8, 4) is 0 Å². The molecule has 0 aliphatic rings.